The quantitative estimate of drug-likeness (QED) is 0.501. The van der Waals surface area contributed by atoms with Gasteiger partial charge in [0.2, 0.25) is 0 Å². The lowest BCUT2D eigenvalue weighted by molar-refractivity contribution is 0.0955. The molecule has 120 valence electrons. The molecule has 5 nitrogen and oxygen atoms in total. The molecule has 5 heteroatoms. The first kappa shape index (κ1) is 14.5. The zero-order chi connectivity index (χ0) is 16.5. The number of benzene rings is 2. The molecule has 4 N–H and O–H groups in total. The molecule has 1 aromatic heterocycles. The average molecular weight is 318 g/mol. The van der Waals surface area contributed by atoms with Crippen molar-refractivity contribution in [2.24, 2.45) is 5.10 Å². The highest BCUT2D eigenvalue weighted by Gasteiger charge is 2.20. The molecule has 0 spiro atoms. The minimum absolute atomic E-state index is 0.231. The normalized spacial score (nSPS) is 15.4. The minimum Gasteiger partial charge on any atom is -0.399 e. The Morgan fingerprint density at radius 3 is 2.71 bits per heavy atom. The molecule has 1 amide bonds. The van der Waals surface area contributed by atoms with Crippen LogP contribution < -0.4 is 11.2 Å². The summed E-state index contributed by atoms with van der Waals surface area (Å²) in [4.78, 5) is 15.7. The number of aromatic amines is 1. The van der Waals surface area contributed by atoms with E-state index in [1.807, 2.05) is 12.1 Å². The average Bonchev–Trinajstić information content (AvgIpc) is 2.99. The number of hydrogen-bond donors (Lipinski definition) is 3. The summed E-state index contributed by atoms with van der Waals surface area (Å²) in [6.07, 6.45) is 2.91. The second-order valence-electron chi connectivity index (χ2n) is 6.00. The Hall–Kier alpha value is -3.08. The zero-order valence-electron chi connectivity index (χ0n) is 13.2. The Morgan fingerprint density at radius 1 is 1.08 bits per heavy atom. The van der Waals surface area contributed by atoms with Crippen molar-refractivity contribution in [1.29, 1.82) is 0 Å². The number of carbonyl (C=O) groups excluding carboxylic acids is 1. The van der Waals surface area contributed by atoms with Crippen LogP contribution in [0.1, 0.15) is 34.5 Å². The first-order valence-corrected chi connectivity index (χ1v) is 8.05. The topological polar surface area (TPSA) is 83.3 Å². The third-order valence-electron chi connectivity index (χ3n) is 4.41. The predicted octanol–water partition coefficient (Wildman–Crippen LogP) is 3.22. The van der Waals surface area contributed by atoms with Gasteiger partial charge in [0.15, 0.2) is 0 Å². The number of amides is 1. The fourth-order valence-electron chi connectivity index (χ4n) is 3.19. The molecule has 0 bridgehead atoms. The molecule has 24 heavy (non-hydrogen) atoms. The Morgan fingerprint density at radius 2 is 1.88 bits per heavy atom. The van der Waals surface area contributed by atoms with Crippen molar-refractivity contribution in [3.8, 4) is 0 Å². The third kappa shape index (κ3) is 2.54. The lowest BCUT2D eigenvalue weighted by atomic mass is 9.94. The van der Waals surface area contributed by atoms with Gasteiger partial charge in [-0.15, -0.1) is 0 Å². The maximum atomic E-state index is 12.2. The number of aromatic nitrogens is 1. The fraction of sp³-hybridized carbons (Fsp3) is 0.158. The van der Waals surface area contributed by atoms with Gasteiger partial charge in [0.25, 0.3) is 5.91 Å². The highest BCUT2D eigenvalue weighted by Crippen LogP contribution is 2.29. The van der Waals surface area contributed by atoms with Crippen LogP contribution in [0, 0.1) is 0 Å². The Labute approximate surface area is 139 Å². The van der Waals surface area contributed by atoms with E-state index in [0.717, 1.165) is 36.2 Å². The molecule has 3 aromatic rings. The zero-order valence-corrected chi connectivity index (χ0v) is 13.2. The molecule has 1 aliphatic rings. The SMILES string of the molecule is Nc1ccc(C(=O)N/N=C2/CCCc3c2[nH]c2ccccc32)cc1. The van der Waals surface area contributed by atoms with Gasteiger partial charge in [0, 0.05) is 22.2 Å². The van der Waals surface area contributed by atoms with Crippen LogP contribution in [-0.2, 0) is 6.42 Å². The van der Waals surface area contributed by atoms with Gasteiger partial charge in [-0.3, -0.25) is 4.79 Å². The van der Waals surface area contributed by atoms with Crippen LogP contribution in [0.4, 0.5) is 5.69 Å². The maximum Gasteiger partial charge on any atom is 0.271 e. The van der Waals surface area contributed by atoms with Gasteiger partial charge >= 0.3 is 0 Å². The molecular weight excluding hydrogens is 300 g/mol. The molecule has 0 atom stereocenters. The standard InChI is InChI=1S/C19H18N4O/c20-13-10-8-12(9-11-13)19(24)23-22-17-7-3-5-15-14-4-1-2-6-16(14)21-18(15)17/h1-2,4,6,8-11,21H,3,5,7,20H2,(H,23,24)/b22-17-. The fourth-order valence-corrected chi connectivity index (χ4v) is 3.19. The second-order valence-corrected chi connectivity index (χ2v) is 6.00. The lowest BCUT2D eigenvalue weighted by Crippen LogP contribution is -2.22. The number of nitrogen functional groups attached to an aromatic ring is 1. The van der Waals surface area contributed by atoms with Crippen LogP contribution in [0.25, 0.3) is 10.9 Å². The van der Waals surface area contributed by atoms with E-state index >= 15 is 0 Å². The Kier molecular flexibility index (Phi) is 3.54. The number of hydrogen-bond acceptors (Lipinski definition) is 3. The molecule has 1 aliphatic carbocycles. The number of rotatable bonds is 2. The van der Waals surface area contributed by atoms with Crippen molar-refractivity contribution in [3.63, 3.8) is 0 Å². The van der Waals surface area contributed by atoms with Crippen LogP contribution in [0.2, 0.25) is 0 Å². The summed E-state index contributed by atoms with van der Waals surface area (Å²) >= 11 is 0. The monoisotopic (exact) mass is 318 g/mol. The molecule has 0 aliphatic heterocycles. The van der Waals surface area contributed by atoms with Crippen LogP contribution >= 0.6 is 0 Å². The van der Waals surface area contributed by atoms with Crippen molar-refractivity contribution in [2.45, 2.75) is 19.3 Å². The number of hydrazone groups is 1. The number of aryl methyl sites for hydroxylation is 1. The summed E-state index contributed by atoms with van der Waals surface area (Å²) in [6.45, 7) is 0. The molecule has 2 aromatic carbocycles. The number of nitrogens with two attached hydrogens (primary N) is 1. The highest BCUT2D eigenvalue weighted by molar-refractivity contribution is 6.07. The van der Waals surface area contributed by atoms with E-state index in [2.05, 4.69) is 27.6 Å². The van der Waals surface area contributed by atoms with E-state index in [0.29, 0.717) is 11.3 Å². The van der Waals surface area contributed by atoms with Crippen molar-refractivity contribution in [1.82, 2.24) is 10.4 Å². The van der Waals surface area contributed by atoms with Crippen molar-refractivity contribution in [2.75, 3.05) is 5.73 Å². The van der Waals surface area contributed by atoms with Crippen LogP contribution in [0.3, 0.4) is 0 Å². The van der Waals surface area contributed by atoms with Gasteiger partial charge in [-0.25, -0.2) is 5.43 Å². The number of nitrogens with zero attached hydrogens (tertiary/aromatic N) is 1. The summed E-state index contributed by atoms with van der Waals surface area (Å²) in [6, 6.07) is 15.1. The molecule has 1 heterocycles. The molecule has 4 rings (SSSR count). The molecule has 0 radical (unpaired) electrons. The second kappa shape index (κ2) is 5.85. The molecular formula is C19H18N4O. The van der Waals surface area contributed by atoms with Gasteiger partial charge in [-0.1, -0.05) is 18.2 Å². The molecule has 0 saturated heterocycles. The lowest BCUT2D eigenvalue weighted by Gasteiger charge is -2.14. The summed E-state index contributed by atoms with van der Waals surface area (Å²) in [5.74, 6) is -0.231. The van der Waals surface area contributed by atoms with Crippen molar-refractivity contribution >= 4 is 28.2 Å². The first-order chi connectivity index (χ1) is 11.7. The van der Waals surface area contributed by atoms with E-state index < -0.39 is 0 Å². The van der Waals surface area contributed by atoms with Gasteiger partial charge in [-0.2, -0.15) is 5.10 Å². The summed E-state index contributed by atoms with van der Waals surface area (Å²) in [5.41, 5.74) is 13.8. The Bertz CT molecular complexity index is 938. The first-order valence-electron chi connectivity index (χ1n) is 8.05. The third-order valence-corrected chi connectivity index (χ3v) is 4.41. The van der Waals surface area contributed by atoms with Gasteiger partial charge in [0.05, 0.1) is 11.4 Å². The van der Waals surface area contributed by atoms with Gasteiger partial charge < -0.3 is 10.7 Å². The van der Waals surface area contributed by atoms with E-state index in [4.69, 9.17) is 5.73 Å². The van der Waals surface area contributed by atoms with Gasteiger partial charge in [0.1, 0.15) is 0 Å². The number of anilines is 1. The van der Waals surface area contributed by atoms with Crippen LogP contribution in [-0.4, -0.2) is 16.6 Å². The van der Waals surface area contributed by atoms with Gasteiger partial charge in [-0.05, 0) is 55.2 Å². The predicted molar refractivity (Wildman–Crippen MR) is 96.1 cm³/mol. The maximum absolute atomic E-state index is 12.2. The molecule has 0 unspecified atom stereocenters. The highest BCUT2D eigenvalue weighted by atomic mass is 16.2. The van der Waals surface area contributed by atoms with E-state index in [1.54, 1.807) is 24.3 Å². The van der Waals surface area contributed by atoms with Crippen molar-refractivity contribution in [3.05, 3.63) is 65.4 Å². The number of fused-ring (bicyclic) bond motifs is 3. The van der Waals surface area contributed by atoms with Crippen molar-refractivity contribution < 1.29 is 4.79 Å². The van der Waals surface area contributed by atoms with E-state index in [-0.39, 0.29) is 5.91 Å². The molecule has 0 saturated carbocycles. The summed E-state index contributed by atoms with van der Waals surface area (Å²) in [7, 11) is 0. The minimum atomic E-state index is -0.231. The van der Waals surface area contributed by atoms with Crippen LogP contribution in [0.15, 0.2) is 53.6 Å². The number of carbonyl (C=O) groups is 1. The summed E-state index contributed by atoms with van der Waals surface area (Å²) < 4.78 is 0. The van der Waals surface area contributed by atoms with E-state index in [1.165, 1.54) is 10.9 Å². The number of H-pyrrole nitrogens is 1. The number of para-hydroxylation sites is 1. The smallest absolute Gasteiger partial charge is 0.271 e. The largest absolute Gasteiger partial charge is 0.399 e. The van der Waals surface area contributed by atoms with E-state index in [9.17, 15) is 4.79 Å². The summed E-state index contributed by atoms with van der Waals surface area (Å²) in [5, 5.41) is 5.61. The Balaban J connectivity index is 1.62. The van der Waals surface area contributed by atoms with Crippen LogP contribution in [0.5, 0.6) is 0 Å². The number of nitrogens with one attached hydrogen (secondary N) is 2. The molecule has 0 fully saturated rings.